The molecule has 0 bridgehead atoms. The van der Waals surface area contributed by atoms with E-state index in [-0.39, 0.29) is 5.50 Å². The fourth-order valence-corrected chi connectivity index (χ4v) is 1.39. The molecule has 1 heterocycles. The van der Waals surface area contributed by atoms with E-state index < -0.39 is 0 Å². The van der Waals surface area contributed by atoms with Gasteiger partial charge in [0.05, 0.1) is 3.70 Å². The first-order chi connectivity index (χ1) is 3.79. The zero-order chi connectivity index (χ0) is 5.98. The van der Waals surface area contributed by atoms with Crippen molar-refractivity contribution in [2.75, 3.05) is 0 Å². The molecular weight excluding hydrogens is 236 g/mol. The summed E-state index contributed by atoms with van der Waals surface area (Å²) in [6, 6.07) is 0. The van der Waals surface area contributed by atoms with Crippen LogP contribution in [0.2, 0.25) is 0 Å². The molecule has 8 heavy (non-hydrogen) atoms. The summed E-state index contributed by atoms with van der Waals surface area (Å²) in [5.41, 5.74) is -0.0214. The van der Waals surface area contributed by atoms with Gasteiger partial charge in [-0.25, -0.2) is 0 Å². The maximum absolute atomic E-state index is 5.67. The number of halogens is 2. The van der Waals surface area contributed by atoms with Crippen LogP contribution in [0.4, 0.5) is 0 Å². The highest BCUT2D eigenvalue weighted by atomic mass is 127. The van der Waals surface area contributed by atoms with E-state index in [4.69, 9.17) is 11.6 Å². The van der Waals surface area contributed by atoms with E-state index in [9.17, 15) is 0 Å². The minimum atomic E-state index is -0.0214. The molecule has 1 unspecified atom stereocenters. The van der Waals surface area contributed by atoms with Gasteiger partial charge in [0.2, 0.25) is 0 Å². The fraction of sp³-hybridized carbons (Fsp3) is 0.200. The minimum Gasteiger partial charge on any atom is -0.361 e. The second kappa shape index (κ2) is 2.73. The summed E-state index contributed by atoms with van der Waals surface area (Å²) >= 11 is 7.85. The summed E-state index contributed by atoms with van der Waals surface area (Å²) in [4.78, 5) is 0. The van der Waals surface area contributed by atoms with Crippen LogP contribution in [0.15, 0.2) is 21.9 Å². The topological polar surface area (TPSA) is 12.0 Å². The van der Waals surface area contributed by atoms with Crippen LogP contribution in [0, 0.1) is 0 Å². The lowest BCUT2D eigenvalue weighted by atomic mass is 10.4. The first kappa shape index (κ1) is 6.42. The van der Waals surface area contributed by atoms with E-state index in [1.165, 1.54) is 0 Å². The van der Waals surface area contributed by atoms with Gasteiger partial charge in [-0.15, -0.1) is 0 Å². The molecule has 0 fully saturated rings. The average Bonchev–Trinajstić information content (AvgIpc) is 1.64. The van der Waals surface area contributed by atoms with Crippen molar-refractivity contribution >= 4 is 34.2 Å². The normalized spacial score (nSPS) is 26.8. The summed E-state index contributed by atoms with van der Waals surface area (Å²) < 4.78 is 1.09. The Hall–Kier alpha value is 0.300. The Labute approximate surface area is 66.9 Å². The van der Waals surface area contributed by atoms with E-state index in [0.29, 0.717) is 0 Å². The van der Waals surface area contributed by atoms with Crippen LogP contribution in [0.25, 0.3) is 0 Å². The Morgan fingerprint density at radius 3 is 2.88 bits per heavy atom. The van der Waals surface area contributed by atoms with E-state index in [0.717, 1.165) is 3.70 Å². The number of hydrogen-bond acceptors (Lipinski definition) is 1. The smallest absolute Gasteiger partial charge is 0.121 e. The zero-order valence-corrected chi connectivity index (χ0v) is 6.98. The van der Waals surface area contributed by atoms with Gasteiger partial charge in [0.25, 0.3) is 0 Å². The molecule has 0 saturated carbocycles. The van der Waals surface area contributed by atoms with Gasteiger partial charge in [0.15, 0.2) is 0 Å². The van der Waals surface area contributed by atoms with E-state index in [2.05, 4.69) is 27.9 Å². The Morgan fingerprint density at radius 2 is 2.50 bits per heavy atom. The molecule has 1 nitrogen and oxygen atoms in total. The quantitative estimate of drug-likeness (QED) is 0.388. The van der Waals surface area contributed by atoms with Crippen molar-refractivity contribution in [3.8, 4) is 0 Å². The van der Waals surface area contributed by atoms with Gasteiger partial charge in [0, 0.05) is 0 Å². The molecule has 0 aromatic rings. The summed E-state index contributed by atoms with van der Waals surface area (Å²) in [6.45, 7) is 0. The summed E-state index contributed by atoms with van der Waals surface area (Å²) in [6.07, 6.45) is 5.80. The molecule has 1 rings (SSSR count). The highest BCUT2D eigenvalue weighted by molar-refractivity contribution is 14.1. The molecule has 1 aliphatic rings. The molecule has 1 aliphatic heterocycles. The van der Waals surface area contributed by atoms with Crippen molar-refractivity contribution < 1.29 is 0 Å². The first-order valence-electron chi connectivity index (χ1n) is 2.23. The largest absolute Gasteiger partial charge is 0.361 e. The second-order valence-corrected chi connectivity index (χ2v) is 3.08. The minimum absolute atomic E-state index is 0.0214. The van der Waals surface area contributed by atoms with Crippen LogP contribution in [0.5, 0.6) is 0 Å². The fourth-order valence-electron chi connectivity index (χ4n) is 0.466. The van der Waals surface area contributed by atoms with Crippen LogP contribution in [0.3, 0.4) is 0 Å². The van der Waals surface area contributed by atoms with Crippen molar-refractivity contribution in [2.24, 2.45) is 0 Å². The number of rotatable bonds is 0. The van der Waals surface area contributed by atoms with Crippen molar-refractivity contribution in [1.82, 2.24) is 5.32 Å². The molecule has 0 aromatic heterocycles. The summed E-state index contributed by atoms with van der Waals surface area (Å²) in [5.74, 6) is 0. The highest BCUT2D eigenvalue weighted by Crippen LogP contribution is 2.10. The van der Waals surface area contributed by atoms with Gasteiger partial charge in [-0.2, -0.15) is 0 Å². The number of alkyl halides is 1. The Balaban J connectivity index is 2.59. The molecule has 0 aromatic carbocycles. The summed E-state index contributed by atoms with van der Waals surface area (Å²) in [5, 5.41) is 3.01. The SMILES string of the molecule is ClC1C=CC=C(I)N1. The van der Waals surface area contributed by atoms with Gasteiger partial charge in [0.1, 0.15) is 5.50 Å². The van der Waals surface area contributed by atoms with Crippen LogP contribution >= 0.6 is 34.2 Å². The zero-order valence-electron chi connectivity index (χ0n) is 4.07. The first-order valence-corrected chi connectivity index (χ1v) is 3.75. The van der Waals surface area contributed by atoms with E-state index in [1.807, 2.05) is 18.2 Å². The molecule has 3 heteroatoms. The van der Waals surface area contributed by atoms with Gasteiger partial charge in [-0.3, -0.25) is 0 Å². The number of hydrogen-bond donors (Lipinski definition) is 1. The second-order valence-electron chi connectivity index (χ2n) is 1.45. The molecule has 0 radical (unpaired) electrons. The van der Waals surface area contributed by atoms with Gasteiger partial charge < -0.3 is 5.32 Å². The third kappa shape index (κ3) is 1.67. The third-order valence-corrected chi connectivity index (χ3v) is 1.72. The molecule has 0 saturated heterocycles. The number of dihydropyridines is 1. The van der Waals surface area contributed by atoms with Crippen LogP contribution < -0.4 is 5.32 Å². The predicted molar refractivity (Wildman–Crippen MR) is 44.0 cm³/mol. The molecule has 1 N–H and O–H groups in total. The molecule has 0 amide bonds. The van der Waals surface area contributed by atoms with E-state index >= 15 is 0 Å². The Kier molecular flexibility index (Phi) is 2.19. The van der Waals surface area contributed by atoms with Gasteiger partial charge >= 0.3 is 0 Å². The molecule has 0 aliphatic carbocycles. The Morgan fingerprint density at radius 1 is 1.75 bits per heavy atom. The molecule has 1 atom stereocenters. The monoisotopic (exact) mass is 241 g/mol. The van der Waals surface area contributed by atoms with Gasteiger partial charge in [-0.1, -0.05) is 17.7 Å². The van der Waals surface area contributed by atoms with Crippen molar-refractivity contribution in [3.05, 3.63) is 21.9 Å². The van der Waals surface area contributed by atoms with Crippen molar-refractivity contribution in [2.45, 2.75) is 5.50 Å². The average molecular weight is 241 g/mol. The van der Waals surface area contributed by atoms with Crippen LogP contribution in [0.1, 0.15) is 0 Å². The van der Waals surface area contributed by atoms with Crippen LogP contribution in [-0.4, -0.2) is 5.50 Å². The lowest BCUT2D eigenvalue weighted by Gasteiger charge is -2.10. The van der Waals surface area contributed by atoms with Crippen molar-refractivity contribution in [1.29, 1.82) is 0 Å². The molecule has 44 valence electrons. The Bertz CT molecular complexity index is 141. The van der Waals surface area contributed by atoms with Gasteiger partial charge in [-0.05, 0) is 34.7 Å². The standard InChI is InChI=1S/C5H5ClIN/c6-4-2-1-3-5(7)8-4/h1-4,8H. The highest BCUT2D eigenvalue weighted by Gasteiger charge is 2.00. The van der Waals surface area contributed by atoms with E-state index in [1.54, 1.807) is 0 Å². The molecule has 0 spiro atoms. The number of allylic oxidation sites excluding steroid dienone is 2. The molecular formula is C5H5ClIN. The maximum Gasteiger partial charge on any atom is 0.121 e. The maximum atomic E-state index is 5.67. The number of nitrogens with one attached hydrogen (secondary N) is 1. The summed E-state index contributed by atoms with van der Waals surface area (Å²) in [7, 11) is 0. The lowest BCUT2D eigenvalue weighted by Crippen LogP contribution is -2.19. The van der Waals surface area contributed by atoms with Crippen molar-refractivity contribution in [3.63, 3.8) is 0 Å². The lowest BCUT2D eigenvalue weighted by molar-refractivity contribution is 0.895. The third-order valence-electron chi connectivity index (χ3n) is 0.798. The predicted octanol–water partition coefficient (Wildman–Crippen LogP) is 1.99. The van der Waals surface area contributed by atoms with Crippen LogP contribution in [-0.2, 0) is 0 Å².